The quantitative estimate of drug-likeness (QED) is 0.601. The first-order chi connectivity index (χ1) is 12.7. The predicted octanol–water partition coefficient (Wildman–Crippen LogP) is 5.53. The molecular formula is C22H25O3S+. The van der Waals surface area contributed by atoms with Crippen molar-refractivity contribution in [3.05, 3.63) is 72.8 Å². The molecule has 0 fully saturated rings. The van der Waals surface area contributed by atoms with Crippen molar-refractivity contribution < 1.29 is 14.6 Å². The third-order valence-corrected chi connectivity index (χ3v) is 5.89. The van der Waals surface area contributed by atoms with Gasteiger partial charge in [-0.3, -0.25) is 0 Å². The lowest BCUT2D eigenvalue weighted by atomic mass is 10.3. The van der Waals surface area contributed by atoms with Gasteiger partial charge in [0.05, 0.1) is 25.1 Å². The molecule has 0 aliphatic rings. The van der Waals surface area contributed by atoms with Crippen LogP contribution >= 0.6 is 0 Å². The molecule has 0 atom stereocenters. The number of phenolic OH excluding ortho intramolecular Hbond substituents is 1. The van der Waals surface area contributed by atoms with E-state index < -0.39 is 0 Å². The van der Waals surface area contributed by atoms with Crippen molar-refractivity contribution in [2.45, 2.75) is 28.5 Å². The van der Waals surface area contributed by atoms with E-state index in [4.69, 9.17) is 9.47 Å². The monoisotopic (exact) mass is 369 g/mol. The number of phenols is 1. The average molecular weight is 370 g/mol. The SMILES string of the molecule is CC.COc1ccc([S+](c2ccc(O)cc2)c2ccc(OC)cc2)cc1. The number of ether oxygens (including phenoxy) is 2. The normalized spacial score (nSPS) is 10.0. The van der Waals surface area contributed by atoms with E-state index in [9.17, 15) is 5.11 Å². The van der Waals surface area contributed by atoms with Gasteiger partial charge in [0.2, 0.25) is 0 Å². The highest BCUT2D eigenvalue weighted by molar-refractivity contribution is 7.97. The molecule has 136 valence electrons. The lowest BCUT2D eigenvalue weighted by Crippen LogP contribution is -2.04. The Kier molecular flexibility index (Phi) is 7.42. The Hall–Kier alpha value is -2.59. The second-order valence-corrected chi connectivity index (χ2v) is 7.18. The van der Waals surface area contributed by atoms with Gasteiger partial charge in [0, 0.05) is 0 Å². The third-order valence-electron chi connectivity index (χ3n) is 3.66. The van der Waals surface area contributed by atoms with Crippen LogP contribution < -0.4 is 9.47 Å². The smallest absolute Gasteiger partial charge is 0.166 e. The van der Waals surface area contributed by atoms with E-state index in [-0.39, 0.29) is 16.6 Å². The molecule has 0 saturated heterocycles. The van der Waals surface area contributed by atoms with E-state index in [0.717, 1.165) is 16.4 Å². The van der Waals surface area contributed by atoms with Crippen LogP contribution in [0.1, 0.15) is 13.8 Å². The van der Waals surface area contributed by atoms with E-state index in [2.05, 4.69) is 24.3 Å². The average Bonchev–Trinajstić information content (AvgIpc) is 2.72. The lowest BCUT2D eigenvalue weighted by Gasteiger charge is -2.09. The Morgan fingerprint density at radius 3 is 1.19 bits per heavy atom. The minimum absolute atomic E-state index is 0.266. The number of benzene rings is 3. The molecule has 0 radical (unpaired) electrons. The third kappa shape index (κ3) is 4.73. The van der Waals surface area contributed by atoms with Crippen LogP contribution in [0.5, 0.6) is 17.2 Å². The Balaban J connectivity index is 0.00000117. The maximum atomic E-state index is 9.59. The molecule has 26 heavy (non-hydrogen) atoms. The number of aromatic hydroxyl groups is 1. The van der Waals surface area contributed by atoms with Crippen molar-refractivity contribution in [2.75, 3.05) is 14.2 Å². The topological polar surface area (TPSA) is 38.7 Å². The molecule has 0 aliphatic heterocycles. The van der Waals surface area contributed by atoms with Crippen molar-refractivity contribution >= 4 is 10.9 Å². The Labute approximate surface area is 158 Å². The van der Waals surface area contributed by atoms with E-state index in [1.807, 2.05) is 50.2 Å². The van der Waals surface area contributed by atoms with Crippen LogP contribution in [0, 0.1) is 0 Å². The number of methoxy groups -OCH3 is 2. The van der Waals surface area contributed by atoms with Gasteiger partial charge in [0.25, 0.3) is 0 Å². The summed E-state index contributed by atoms with van der Waals surface area (Å²) >= 11 is 0. The van der Waals surface area contributed by atoms with Crippen molar-refractivity contribution in [1.82, 2.24) is 0 Å². The molecule has 3 rings (SSSR count). The molecule has 0 amide bonds. The van der Waals surface area contributed by atoms with Crippen LogP contribution in [0.25, 0.3) is 0 Å². The minimum Gasteiger partial charge on any atom is -0.508 e. The fourth-order valence-electron chi connectivity index (χ4n) is 2.41. The Morgan fingerprint density at radius 1 is 0.577 bits per heavy atom. The summed E-state index contributed by atoms with van der Waals surface area (Å²) < 4.78 is 10.5. The Morgan fingerprint density at radius 2 is 0.885 bits per heavy atom. The zero-order valence-electron chi connectivity index (χ0n) is 15.6. The molecule has 3 aromatic carbocycles. The number of hydrogen-bond donors (Lipinski definition) is 1. The van der Waals surface area contributed by atoms with E-state index in [1.165, 1.54) is 9.79 Å². The van der Waals surface area contributed by atoms with E-state index in [0.29, 0.717) is 0 Å². The molecule has 0 heterocycles. The summed E-state index contributed by atoms with van der Waals surface area (Å²) in [6, 6.07) is 23.6. The van der Waals surface area contributed by atoms with Gasteiger partial charge in [-0.05, 0) is 72.8 Å². The van der Waals surface area contributed by atoms with Gasteiger partial charge in [-0.25, -0.2) is 0 Å². The molecule has 0 aliphatic carbocycles. The molecular weight excluding hydrogens is 344 g/mol. The summed E-state index contributed by atoms with van der Waals surface area (Å²) in [7, 11) is 3.06. The van der Waals surface area contributed by atoms with Gasteiger partial charge in [0.15, 0.2) is 14.7 Å². The largest absolute Gasteiger partial charge is 0.508 e. The van der Waals surface area contributed by atoms with E-state index in [1.54, 1.807) is 26.4 Å². The van der Waals surface area contributed by atoms with Crippen LogP contribution in [0.4, 0.5) is 0 Å². The molecule has 0 spiro atoms. The van der Waals surface area contributed by atoms with Crippen molar-refractivity contribution in [3.8, 4) is 17.2 Å². The predicted molar refractivity (Wildman–Crippen MR) is 108 cm³/mol. The molecule has 3 nitrogen and oxygen atoms in total. The summed E-state index contributed by atoms with van der Waals surface area (Å²) in [4.78, 5) is 3.52. The fourth-order valence-corrected chi connectivity index (χ4v) is 4.46. The first-order valence-corrected chi connectivity index (χ1v) is 9.75. The van der Waals surface area contributed by atoms with Gasteiger partial charge in [-0.2, -0.15) is 0 Å². The van der Waals surface area contributed by atoms with Crippen LogP contribution in [0.15, 0.2) is 87.5 Å². The maximum absolute atomic E-state index is 9.59. The molecule has 0 bridgehead atoms. The van der Waals surface area contributed by atoms with Crippen LogP contribution in [-0.4, -0.2) is 19.3 Å². The van der Waals surface area contributed by atoms with Crippen molar-refractivity contribution in [3.63, 3.8) is 0 Å². The van der Waals surface area contributed by atoms with Gasteiger partial charge in [0.1, 0.15) is 17.2 Å². The molecule has 4 heteroatoms. The van der Waals surface area contributed by atoms with Crippen LogP contribution in [0.2, 0.25) is 0 Å². The minimum atomic E-state index is -0.266. The van der Waals surface area contributed by atoms with Gasteiger partial charge < -0.3 is 14.6 Å². The lowest BCUT2D eigenvalue weighted by molar-refractivity contribution is 0.414. The van der Waals surface area contributed by atoms with Crippen molar-refractivity contribution in [2.24, 2.45) is 0 Å². The molecule has 1 N–H and O–H groups in total. The summed E-state index contributed by atoms with van der Waals surface area (Å²) in [5.74, 6) is 1.94. The van der Waals surface area contributed by atoms with Crippen LogP contribution in [0.3, 0.4) is 0 Å². The molecule has 0 unspecified atom stereocenters. The summed E-state index contributed by atoms with van der Waals surface area (Å²) in [6.45, 7) is 4.00. The second-order valence-electron chi connectivity index (χ2n) is 5.15. The Bertz CT molecular complexity index is 734. The van der Waals surface area contributed by atoms with Gasteiger partial charge in [-0.15, -0.1) is 0 Å². The zero-order chi connectivity index (χ0) is 18.9. The molecule has 3 aromatic rings. The number of rotatable bonds is 5. The maximum Gasteiger partial charge on any atom is 0.166 e. The van der Waals surface area contributed by atoms with Gasteiger partial charge >= 0.3 is 0 Å². The first-order valence-electron chi connectivity index (χ1n) is 8.52. The summed E-state index contributed by atoms with van der Waals surface area (Å²) in [5, 5.41) is 9.59. The summed E-state index contributed by atoms with van der Waals surface area (Å²) in [5.41, 5.74) is 0. The highest BCUT2D eigenvalue weighted by atomic mass is 32.2. The van der Waals surface area contributed by atoms with E-state index >= 15 is 0 Å². The second kappa shape index (κ2) is 9.78. The first kappa shape index (κ1) is 19.7. The molecule has 0 saturated carbocycles. The van der Waals surface area contributed by atoms with Crippen LogP contribution in [-0.2, 0) is 10.9 Å². The highest BCUT2D eigenvalue weighted by Crippen LogP contribution is 2.33. The summed E-state index contributed by atoms with van der Waals surface area (Å²) in [6.07, 6.45) is 0. The zero-order valence-corrected chi connectivity index (χ0v) is 16.4. The molecule has 0 aromatic heterocycles. The fraction of sp³-hybridized carbons (Fsp3) is 0.182. The van der Waals surface area contributed by atoms with Gasteiger partial charge in [-0.1, -0.05) is 13.8 Å². The van der Waals surface area contributed by atoms with Crippen molar-refractivity contribution in [1.29, 1.82) is 0 Å². The standard InChI is InChI=1S/C20H18O3S.C2H6/c1-22-16-5-11-19(12-6-16)24(18-9-3-15(21)4-10-18)20-13-7-17(23-2)8-14-20;1-2/h3-14H,1-2H3;1-2H3/p+1. The highest BCUT2D eigenvalue weighted by Gasteiger charge is 2.28. The number of hydrogen-bond acceptors (Lipinski definition) is 3.